The average Bonchev–Trinajstić information content (AvgIpc) is 3.13. The van der Waals surface area contributed by atoms with Crippen molar-refractivity contribution in [2.45, 2.75) is 39.0 Å². The molecule has 0 bridgehead atoms. The Bertz CT molecular complexity index is 750. The van der Waals surface area contributed by atoms with Gasteiger partial charge in [-0.1, -0.05) is 31.4 Å². The van der Waals surface area contributed by atoms with Gasteiger partial charge in [0, 0.05) is 5.56 Å². The van der Waals surface area contributed by atoms with Crippen LogP contribution in [0.1, 0.15) is 49.5 Å². The van der Waals surface area contributed by atoms with Crippen LogP contribution in [0.5, 0.6) is 5.75 Å². The number of carbonyl (C=O) groups is 2. The molecule has 7 nitrogen and oxygen atoms in total. The second kappa shape index (κ2) is 7.92. The highest BCUT2D eigenvalue weighted by molar-refractivity contribution is 5.94. The molecule has 0 amide bonds. The van der Waals surface area contributed by atoms with Crippen LogP contribution < -0.4 is 4.74 Å². The fourth-order valence-electron chi connectivity index (χ4n) is 3.02. The van der Waals surface area contributed by atoms with Crippen LogP contribution in [0.25, 0.3) is 11.3 Å². The minimum atomic E-state index is -0.546. The van der Waals surface area contributed by atoms with E-state index in [1.54, 1.807) is 31.2 Å². The van der Waals surface area contributed by atoms with Gasteiger partial charge in [0.1, 0.15) is 11.4 Å². The molecular weight excluding hydrogens is 322 g/mol. The Morgan fingerprint density at radius 2 is 2.00 bits per heavy atom. The molecule has 1 heterocycles. The molecule has 0 saturated heterocycles. The number of H-pyrrole nitrogens is 1. The van der Waals surface area contributed by atoms with E-state index in [1.165, 1.54) is 6.42 Å². The Hall–Kier alpha value is -2.70. The highest BCUT2D eigenvalue weighted by atomic mass is 16.5. The van der Waals surface area contributed by atoms with Crippen LogP contribution >= 0.6 is 0 Å². The molecule has 1 aromatic heterocycles. The standard InChI is InChI=1S/C18H21N3O4/c1-2-24-18(23)16-15(19-21-20-16)13-9-6-10-14(11-13)25-17(22)12-7-4-3-5-8-12/h6,9-12H,2-5,7-8H2,1H3,(H,19,20,21). The molecule has 3 rings (SSSR count). The number of benzene rings is 1. The summed E-state index contributed by atoms with van der Waals surface area (Å²) in [5.74, 6) is -0.330. The van der Waals surface area contributed by atoms with Crippen molar-refractivity contribution in [3.05, 3.63) is 30.0 Å². The van der Waals surface area contributed by atoms with E-state index in [2.05, 4.69) is 15.4 Å². The van der Waals surface area contributed by atoms with Crippen molar-refractivity contribution in [3.8, 4) is 17.0 Å². The highest BCUT2D eigenvalue weighted by Crippen LogP contribution is 2.28. The van der Waals surface area contributed by atoms with Crippen LogP contribution in [0.15, 0.2) is 24.3 Å². The van der Waals surface area contributed by atoms with Crippen LogP contribution in [0.2, 0.25) is 0 Å². The van der Waals surface area contributed by atoms with Gasteiger partial charge in [-0.15, -0.1) is 5.10 Å². The van der Waals surface area contributed by atoms with E-state index in [-0.39, 0.29) is 24.2 Å². The van der Waals surface area contributed by atoms with Gasteiger partial charge in [-0.25, -0.2) is 4.79 Å². The maximum absolute atomic E-state index is 12.3. The van der Waals surface area contributed by atoms with Crippen molar-refractivity contribution < 1.29 is 19.1 Å². The minimum Gasteiger partial charge on any atom is -0.461 e. The lowest BCUT2D eigenvalue weighted by molar-refractivity contribution is -0.139. The average molecular weight is 343 g/mol. The SMILES string of the molecule is CCOC(=O)c1n[nH]nc1-c1cccc(OC(=O)C2CCCCC2)c1. The number of aromatic nitrogens is 3. The van der Waals surface area contributed by atoms with Crippen molar-refractivity contribution >= 4 is 11.9 Å². The van der Waals surface area contributed by atoms with Gasteiger partial charge in [-0.05, 0) is 31.9 Å². The number of hydrogen-bond acceptors (Lipinski definition) is 6. The number of carbonyl (C=O) groups excluding carboxylic acids is 2. The van der Waals surface area contributed by atoms with Gasteiger partial charge in [-0.2, -0.15) is 10.3 Å². The minimum absolute atomic E-state index is 0.0282. The number of aromatic amines is 1. The van der Waals surface area contributed by atoms with E-state index in [1.807, 2.05) is 0 Å². The molecule has 0 atom stereocenters. The second-order valence-corrected chi connectivity index (χ2v) is 6.03. The summed E-state index contributed by atoms with van der Waals surface area (Å²) in [6.07, 6.45) is 5.09. The zero-order valence-electron chi connectivity index (χ0n) is 14.2. The Kier molecular flexibility index (Phi) is 5.42. The molecule has 25 heavy (non-hydrogen) atoms. The summed E-state index contributed by atoms with van der Waals surface area (Å²) in [4.78, 5) is 24.2. The van der Waals surface area contributed by atoms with E-state index in [4.69, 9.17) is 9.47 Å². The van der Waals surface area contributed by atoms with Crippen molar-refractivity contribution in [2.24, 2.45) is 5.92 Å². The van der Waals surface area contributed by atoms with Crippen molar-refractivity contribution in [1.29, 1.82) is 0 Å². The summed E-state index contributed by atoms with van der Waals surface area (Å²) in [7, 11) is 0. The quantitative estimate of drug-likeness (QED) is 0.662. The summed E-state index contributed by atoms with van der Waals surface area (Å²) >= 11 is 0. The Morgan fingerprint density at radius 1 is 1.20 bits per heavy atom. The number of ether oxygens (including phenoxy) is 2. The van der Waals surface area contributed by atoms with E-state index in [9.17, 15) is 9.59 Å². The largest absolute Gasteiger partial charge is 0.461 e. The molecule has 2 aromatic rings. The van der Waals surface area contributed by atoms with Crippen LogP contribution in [-0.2, 0) is 9.53 Å². The molecule has 1 aliphatic carbocycles. The Morgan fingerprint density at radius 3 is 2.76 bits per heavy atom. The van der Waals surface area contributed by atoms with Crippen LogP contribution in [0.4, 0.5) is 0 Å². The number of nitrogens with one attached hydrogen (secondary N) is 1. The van der Waals surface area contributed by atoms with Crippen LogP contribution in [0, 0.1) is 5.92 Å². The fraction of sp³-hybridized carbons (Fsp3) is 0.444. The molecule has 132 valence electrons. The molecule has 1 saturated carbocycles. The van der Waals surface area contributed by atoms with Gasteiger partial charge in [-0.3, -0.25) is 4.79 Å². The zero-order chi connectivity index (χ0) is 17.6. The van der Waals surface area contributed by atoms with Crippen molar-refractivity contribution in [2.75, 3.05) is 6.61 Å². The van der Waals surface area contributed by atoms with E-state index in [0.29, 0.717) is 17.0 Å². The lowest BCUT2D eigenvalue weighted by Gasteiger charge is -2.19. The number of hydrogen-bond donors (Lipinski definition) is 1. The topological polar surface area (TPSA) is 94.2 Å². The first kappa shape index (κ1) is 17.1. The third-order valence-corrected chi connectivity index (χ3v) is 4.28. The summed E-state index contributed by atoms with van der Waals surface area (Å²) in [6, 6.07) is 6.93. The number of esters is 2. The van der Waals surface area contributed by atoms with E-state index < -0.39 is 5.97 Å². The van der Waals surface area contributed by atoms with Gasteiger partial charge < -0.3 is 9.47 Å². The Balaban J connectivity index is 1.77. The maximum Gasteiger partial charge on any atom is 0.361 e. The predicted octanol–water partition coefficient (Wildman–Crippen LogP) is 3.13. The van der Waals surface area contributed by atoms with Crippen molar-refractivity contribution in [3.63, 3.8) is 0 Å². The molecule has 0 aliphatic heterocycles. The first-order chi connectivity index (χ1) is 12.2. The molecular formula is C18H21N3O4. The Labute approximate surface area is 145 Å². The van der Waals surface area contributed by atoms with Gasteiger partial charge in [0.25, 0.3) is 0 Å². The smallest absolute Gasteiger partial charge is 0.361 e. The lowest BCUT2D eigenvalue weighted by atomic mass is 9.89. The molecule has 1 fully saturated rings. The maximum atomic E-state index is 12.3. The molecule has 1 aromatic carbocycles. The van der Waals surface area contributed by atoms with Crippen LogP contribution in [-0.4, -0.2) is 34.0 Å². The van der Waals surface area contributed by atoms with Gasteiger partial charge in [0.2, 0.25) is 0 Å². The predicted molar refractivity (Wildman–Crippen MR) is 90.0 cm³/mol. The molecule has 0 radical (unpaired) electrons. The van der Waals surface area contributed by atoms with Crippen molar-refractivity contribution in [1.82, 2.24) is 15.4 Å². The van der Waals surface area contributed by atoms with Gasteiger partial charge >= 0.3 is 11.9 Å². The number of rotatable bonds is 5. The molecule has 0 spiro atoms. The molecule has 7 heteroatoms. The highest BCUT2D eigenvalue weighted by Gasteiger charge is 2.24. The molecule has 1 N–H and O–H groups in total. The normalized spacial score (nSPS) is 14.9. The summed E-state index contributed by atoms with van der Waals surface area (Å²) in [5, 5.41) is 10.3. The molecule has 1 aliphatic rings. The number of nitrogens with zero attached hydrogens (tertiary/aromatic N) is 2. The second-order valence-electron chi connectivity index (χ2n) is 6.03. The van der Waals surface area contributed by atoms with Crippen LogP contribution in [0.3, 0.4) is 0 Å². The third kappa shape index (κ3) is 4.04. The summed E-state index contributed by atoms with van der Waals surface area (Å²) in [6.45, 7) is 1.98. The summed E-state index contributed by atoms with van der Waals surface area (Å²) in [5.41, 5.74) is 1.11. The zero-order valence-corrected chi connectivity index (χ0v) is 14.2. The monoisotopic (exact) mass is 343 g/mol. The van der Waals surface area contributed by atoms with Gasteiger partial charge in [0.05, 0.1) is 12.5 Å². The van der Waals surface area contributed by atoms with E-state index >= 15 is 0 Å². The fourth-order valence-corrected chi connectivity index (χ4v) is 3.02. The lowest BCUT2D eigenvalue weighted by Crippen LogP contribution is -2.22. The summed E-state index contributed by atoms with van der Waals surface area (Å²) < 4.78 is 10.5. The first-order valence-electron chi connectivity index (χ1n) is 8.59. The van der Waals surface area contributed by atoms with Gasteiger partial charge in [0.15, 0.2) is 5.69 Å². The third-order valence-electron chi connectivity index (χ3n) is 4.28. The first-order valence-corrected chi connectivity index (χ1v) is 8.59. The van der Waals surface area contributed by atoms with E-state index in [0.717, 1.165) is 25.7 Å². The molecule has 0 unspecified atom stereocenters.